The summed E-state index contributed by atoms with van der Waals surface area (Å²) in [7, 11) is 4.40. The van der Waals surface area contributed by atoms with Gasteiger partial charge in [-0.25, -0.2) is 0 Å². The predicted octanol–water partition coefficient (Wildman–Crippen LogP) is 13.2. The second kappa shape index (κ2) is 27.8. The fourth-order valence-electron chi connectivity index (χ4n) is 7.12. The molecule has 0 aromatic rings. The van der Waals surface area contributed by atoms with E-state index in [1.165, 1.54) is 135 Å². The number of fused-ring (bicyclic) bond motifs is 1. The predicted molar refractivity (Wildman–Crippen MR) is 203 cm³/mol. The lowest BCUT2D eigenvalue weighted by Crippen LogP contribution is -2.34. The van der Waals surface area contributed by atoms with Gasteiger partial charge in [0, 0.05) is 18.9 Å². The summed E-state index contributed by atoms with van der Waals surface area (Å²) in [5, 5.41) is 0. The molecule has 1 heterocycles. The van der Waals surface area contributed by atoms with Gasteiger partial charge >= 0.3 is 0 Å². The lowest BCUT2D eigenvalue weighted by Gasteiger charge is -2.31. The van der Waals surface area contributed by atoms with Crippen LogP contribution in [0.25, 0.3) is 0 Å². The van der Waals surface area contributed by atoms with Gasteiger partial charge in [0.2, 0.25) is 0 Å². The summed E-state index contributed by atoms with van der Waals surface area (Å²) >= 11 is 0. The van der Waals surface area contributed by atoms with Crippen LogP contribution in [0.5, 0.6) is 0 Å². The molecule has 0 aromatic heterocycles. The summed E-state index contributed by atoms with van der Waals surface area (Å²) in [5.74, 6) is -0.308. The van der Waals surface area contributed by atoms with Crippen LogP contribution < -0.4 is 0 Å². The zero-order chi connectivity index (χ0) is 33.0. The molecule has 0 N–H and O–H groups in total. The molecule has 266 valence electrons. The maximum Gasteiger partial charge on any atom is 0.169 e. The van der Waals surface area contributed by atoms with E-state index in [0.717, 1.165) is 38.5 Å². The molecule has 2 fully saturated rings. The molecule has 3 heteroatoms. The summed E-state index contributed by atoms with van der Waals surface area (Å²) in [6.07, 6.45) is 53.5. The van der Waals surface area contributed by atoms with E-state index in [-0.39, 0.29) is 5.79 Å². The molecule has 1 aliphatic heterocycles. The SMILES string of the molecule is CCCC/C=C\C/C=C\CCCCCCCCC1(CCCCCCCC/C=C\C/C=C\CCCCC)O[C@H]2CC(N(C)C)C[C@H]2O1. The molecule has 0 aromatic carbocycles. The molecule has 0 spiro atoms. The van der Waals surface area contributed by atoms with E-state index in [0.29, 0.717) is 18.2 Å². The molecule has 2 aliphatic rings. The normalized spacial score (nSPS) is 23.5. The molecule has 0 amide bonds. The highest BCUT2D eigenvalue weighted by Crippen LogP contribution is 2.44. The number of nitrogens with zero attached hydrogens (tertiary/aromatic N) is 1. The maximum absolute atomic E-state index is 6.82. The second-order valence-corrected chi connectivity index (χ2v) is 14.6. The Morgan fingerprint density at radius 3 is 1.26 bits per heavy atom. The summed E-state index contributed by atoms with van der Waals surface area (Å²) < 4.78 is 13.6. The molecule has 2 rings (SSSR count). The molecule has 2 unspecified atom stereocenters. The van der Waals surface area contributed by atoms with E-state index in [9.17, 15) is 0 Å². The average molecular weight is 640 g/mol. The van der Waals surface area contributed by atoms with Crippen LogP contribution in [-0.4, -0.2) is 43.0 Å². The van der Waals surface area contributed by atoms with Gasteiger partial charge in [0.05, 0.1) is 12.2 Å². The fourth-order valence-corrected chi connectivity index (χ4v) is 7.12. The van der Waals surface area contributed by atoms with Crippen molar-refractivity contribution in [1.29, 1.82) is 0 Å². The standard InChI is InChI=1S/C43H77NO2/c1-5-7-9-11-13-15-17-19-21-23-25-27-29-31-33-35-37-43(45-41-38-40(44(3)4)39-42(41)46-43)36-34-32-30-28-26-24-22-20-18-16-14-12-10-8-6-2/h12-15,18-21,40-42H,5-11,16-17,22-39H2,1-4H3/b14-12-,15-13-,20-18-,21-19-/t40?,41-,42+,43?. The molecule has 4 atom stereocenters. The first-order valence-electron chi connectivity index (χ1n) is 20.2. The number of ether oxygens (including phenoxy) is 2. The van der Waals surface area contributed by atoms with Gasteiger partial charge in [-0.05, 0) is 97.6 Å². The smallest absolute Gasteiger partial charge is 0.169 e. The van der Waals surface area contributed by atoms with Gasteiger partial charge < -0.3 is 14.4 Å². The monoisotopic (exact) mass is 640 g/mol. The number of hydrogen-bond acceptors (Lipinski definition) is 3. The van der Waals surface area contributed by atoms with Gasteiger partial charge in [-0.3, -0.25) is 0 Å². The maximum atomic E-state index is 6.82. The first-order valence-corrected chi connectivity index (χ1v) is 20.2. The van der Waals surface area contributed by atoms with Crippen LogP contribution in [0.15, 0.2) is 48.6 Å². The van der Waals surface area contributed by atoms with Gasteiger partial charge in [-0.1, -0.05) is 140 Å². The summed E-state index contributed by atoms with van der Waals surface area (Å²) in [6, 6.07) is 0.604. The van der Waals surface area contributed by atoms with Crippen LogP contribution in [0, 0.1) is 0 Å². The quantitative estimate of drug-likeness (QED) is 0.0576. The third kappa shape index (κ3) is 19.6. The van der Waals surface area contributed by atoms with Gasteiger partial charge in [-0.2, -0.15) is 0 Å². The van der Waals surface area contributed by atoms with E-state index in [1.807, 2.05) is 0 Å². The minimum atomic E-state index is -0.308. The van der Waals surface area contributed by atoms with Gasteiger partial charge in [0.25, 0.3) is 0 Å². The number of rotatable bonds is 30. The number of unbranched alkanes of at least 4 members (excludes halogenated alkanes) is 17. The highest BCUT2D eigenvalue weighted by molar-refractivity contribution is 4.97. The van der Waals surface area contributed by atoms with Crippen molar-refractivity contribution in [3.8, 4) is 0 Å². The third-order valence-electron chi connectivity index (χ3n) is 10.2. The largest absolute Gasteiger partial charge is 0.344 e. The first-order chi connectivity index (χ1) is 22.6. The minimum absolute atomic E-state index is 0.303. The molecule has 3 nitrogen and oxygen atoms in total. The van der Waals surface area contributed by atoms with Crippen molar-refractivity contribution in [2.24, 2.45) is 0 Å². The summed E-state index contributed by atoms with van der Waals surface area (Å²) in [5.41, 5.74) is 0. The van der Waals surface area contributed by atoms with Crippen LogP contribution in [0.1, 0.15) is 187 Å². The molecule has 1 aliphatic carbocycles. The van der Waals surface area contributed by atoms with E-state index >= 15 is 0 Å². The lowest BCUT2D eigenvalue weighted by molar-refractivity contribution is -0.193. The highest BCUT2D eigenvalue weighted by atomic mass is 16.8. The molecular weight excluding hydrogens is 562 g/mol. The average Bonchev–Trinajstić information content (AvgIpc) is 3.59. The van der Waals surface area contributed by atoms with E-state index in [2.05, 4.69) is 81.5 Å². The Balaban J connectivity index is 1.56. The Morgan fingerprint density at radius 1 is 0.478 bits per heavy atom. The van der Waals surface area contributed by atoms with Gasteiger partial charge in [-0.15, -0.1) is 0 Å². The highest BCUT2D eigenvalue weighted by Gasteiger charge is 2.51. The van der Waals surface area contributed by atoms with Crippen molar-refractivity contribution >= 4 is 0 Å². The van der Waals surface area contributed by atoms with Crippen molar-refractivity contribution in [2.75, 3.05) is 14.1 Å². The Labute approximate surface area is 287 Å². The van der Waals surface area contributed by atoms with E-state index < -0.39 is 0 Å². The zero-order valence-electron chi connectivity index (χ0n) is 31.2. The Hall–Kier alpha value is -1.16. The van der Waals surface area contributed by atoms with Gasteiger partial charge in [0.1, 0.15) is 0 Å². The molecule has 46 heavy (non-hydrogen) atoms. The van der Waals surface area contributed by atoms with Crippen LogP contribution in [0.4, 0.5) is 0 Å². The molecule has 0 bridgehead atoms. The Bertz CT molecular complexity index is 798. The van der Waals surface area contributed by atoms with Crippen molar-refractivity contribution in [1.82, 2.24) is 4.90 Å². The van der Waals surface area contributed by atoms with Crippen molar-refractivity contribution in [2.45, 2.75) is 211 Å². The molecule has 1 saturated heterocycles. The van der Waals surface area contributed by atoms with Crippen LogP contribution >= 0.6 is 0 Å². The first kappa shape index (κ1) is 41.0. The Morgan fingerprint density at radius 2 is 0.848 bits per heavy atom. The van der Waals surface area contributed by atoms with Crippen LogP contribution in [0.2, 0.25) is 0 Å². The molecular formula is C43H77NO2. The number of hydrogen-bond donors (Lipinski definition) is 0. The van der Waals surface area contributed by atoms with Crippen molar-refractivity contribution in [3.05, 3.63) is 48.6 Å². The summed E-state index contributed by atoms with van der Waals surface area (Å²) in [6.45, 7) is 4.53. The van der Waals surface area contributed by atoms with Gasteiger partial charge in [0.15, 0.2) is 5.79 Å². The van der Waals surface area contributed by atoms with Crippen LogP contribution in [-0.2, 0) is 9.47 Å². The topological polar surface area (TPSA) is 21.7 Å². The lowest BCUT2D eigenvalue weighted by atomic mass is 9.98. The zero-order valence-corrected chi connectivity index (χ0v) is 31.2. The van der Waals surface area contributed by atoms with Crippen molar-refractivity contribution < 1.29 is 9.47 Å². The third-order valence-corrected chi connectivity index (χ3v) is 10.2. The minimum Gasteiger partial charge on any atom is -0.344 e. The summed E-state index contributed by atoms with van der Waals surface area (Å²) in [4.78, 5) is 2.36. The van der Waals surface area contributed by atoms with E-state index in [1.54, 1.807) is 0 Å². The van der Waals surface area contributed by atoms with Crippen molar-refractivity contribution in [3.63, 3.8) is 0 Å². The Kier molecular flexibility index (Phi) is 24.7. The van der Waals surface area contributed by atoms with E-state index in [4.69, 9.17) is 9.47 Å². The molecule has 0 radical (unpaired) electrons. The molecule has 1 saturated carbocycles. The van der Waals surface area contributed by atoms with Crippen LogP contribution in [0.3, 0.4) is 0 Å². The fraction of sp³-hybridized carbons (Fsp3) is 0.814. The second-order valence-electron chi connectivity index (χ2n) is 14.6. The number of allylic oxidation sites excluding steroid dienone is 8.